The third-order valence-corrected chi connectivity index (χ3v) is 7.90. The maximum atomic E-state index is 14.0. The SMILES string of the molecule is Cc1ccccc1CN(C(=O)CN(c1ccccc1Br)S(C)(=O)=O)C(Cc1ccccc1)C(=O)NC(C)C. The smallest absolute Gasteiger partial charge is 0.244 e. The Morgan fingerprint density at radius 1 is 0.921 bits per heavy atom. The summed E-state index contributed by atoms with van der Waals surface area (Å²) in [6, 6.07) is 23.0. The van der Waals surface area contributed by atoms with Crippen LogP contribution >= 0.6 is 15.9 Å². The summed E-state index contributed by atoms with van der Waals surface area (Å²) in [5, 5.41) is 2.95. The summed E-state index contributed by atoms with van der Waals surface area (Å²) in [5.74, 6) is -0.771. The molecule has 2 amide bonds. The van der Waals surface area contributed by atoms with Gasteiger partial charge >= 0.3 is 0 Å². The molecule has 0 aliphatic carbocycles. The molecule has 9 heteroatoms. The summed E-state index contributed by atoms with van der Waals surface area (Å²) in [6.07, 6.45) is 1.35. The van der Waals surface area contributed by atoms with Gasteiger partial charge in [0.1, 0.15) is 12.6 Å². The van der Waals surface area contributed by atoms with Gasteiger partial charge in [0.2, 0.25) is 21.8 Å². The topological polar surface area (TPSA) is 86.8 Å². The summed E-state index contributed by atoms with van der Waals surface area (Å²) in [4.78, 5) is 29.1. The van der Waals surface area contributed by atoms with E-state index < -0.39 is 28.5 Å². The number of aryl methyl sites for hydroxylation is 1. The van der Waals surface area contributed by atoms with E-state index in [1.54, 1.807) is 24.3 Å². The maximum Gasteiger partial charge on any atom is 0.244 e. The van der Waals surface area contributed by atoms with Crippen LogP contribution in [0.25, 0.3) is 0 Å². The van der Waals surface area contributed by atoms with Crippen molar-refractivity contribution in [3.63, 3.8) is 0 Å². The molecule has 3 aromatic carbocycles. The first-order valence-electron chi connectivity index (χ1n) is 12.4. The van der Waals surface area contributed by atoms with Crippen molar-refractivity contribution in [2.24, 2.45) is 0 Å². The van der Waals surface area contributed by atoms with Crippen LogP contribution in [0.4, 0.5) is 5.69 Å². The van der Waals surface area contributed by atoms with Gasteiger partial charge in [-0.1, -0.05) is 66.7 Å². The lowest BCUT2D eigenvalue weighted by molar-refractivity contribution is -0.140. The minimum absolute atomic E-state index is 0.135. The number of hydrogen-bond donors (Lipinski definition) is 1. The molecule has 7 nitrogen and oxygen atoms in total. The first-order valence-corrected chi connectivity index (χ1v) is 15.0. The molecule has 202 valence electrons. The molecule has 0 aliphatic heterocycles. The fraction of sp³-hybridized carbons (Fsp3) is 0.310. The monoisotopic (exact) mass is 599 g/mol. The average Bonchev–Trinajstić information content (AvgIpc) is 2.85. The summed E-state index contributed by atoms with van der Waals surface area (Å²) in [6.45, 7) is 5.38. The minimum Gasteiger partial charge on any atom is -0.352 e. The molecule has 0 spiro atoms. The molecule has 3 aromatic rings. The van der Waals surface area contributed by atoms with E-state index in [4.69, 9.17) is 0 Å². The Bertz CT molecular complexity index is 1360. The third kappa shape index (κ3) is 7.91. The Morgan fingerprint density at radius 2 is 1.53 bits per heavy atom. The molecule has 0 bridgehead atoms. The predicted octanol–water partition coefficient (Wildman–Crippen LogP) is 4.69. The molecule has 0 saturated carbocycles. The van der Waals surface area contributed by atoms with E-state index >= 15 is 0 Å². The molecular weight excluding hydrogens is 566 g/mol. The number of benzene rings is 3. The van der Waals surface area contributed by atoms with Crippen molar-refractivity contribution in [3.05, 3.63) is 100 Å². The number of rotatable bonds is 11. The van der Waals surface area contributed by atoms with Crippen LogP contribution in [-0.4, -0.2) is 50.0 Å². The zero-order valence-corrected chi connectivity index (χ0v) is 24.5. The molecular formula is C29H34BrN3O4S. The molecule has 1 unspecified atom stereocenters. The first-order chi connectivity index (χ1) is 18.0. The Kier molecular flexibility index (Phi) is 10.1. The van der Waals surface area contributed by atoms with Gasteiger partial charge in [-0.3, -0.25) is 13.9 Å². The molecule has 0 saturated heterocycles. The van der Waals surface area contributed by atoms with E-state index in [-0.39, 0.29) is 24.9 Å². The van der Waals surface area contributed by atoms with E-state index in [9.17, 15) is 18.0 Å². The second-order valence-corrected chi connectivity index (χ2v) is 12.3. The second kappa shape index (κ2) is 13.1. The van der Waals surface area contributed by atoms with Crippen LogP contribution in [-0.2, 0) is 32.6 Å². The van der Waals surface area contributed by atoms with E-state index in [0.717, 1.165) is 27.3 Å². The van der Waals surface area contributed by atoms with Gasteiger partial charge in [0.05, 0.1) is 11.9 Å². The highest BCUT2D eigenvalue weighted by atomic mass is 79.9. The van der Waals surface area contributed by atoms with Crippen molar-refractivity contribution in [1.29, 1.82) is 0 Å². The van der Waals surface area contributed by atoms with Crippen LogP contribution in [0.1, 0.15) is 30.5 Å². The molecule has 38 heavy (non-hydrogen) atoms. The Hall–Kier alpha value is -3.17. The van der Waals surface area contributed by atoms with E-state index in [1.165, 1.54) is 4.90 Å². The van der Waals surface area contributed by atoms with Crippen molar-refractivity contribution >= 4 is 43.5 Å². The quantitative estimate of drug-likeness (QED) is 0.346. The predicted molar refractivity (Wildman–Crippen MR) is 155 cm³/mol. The molecule has 0 aliphatic rings. The highest BCUT2D eigenvalue weighted by Crippen LogP contribution is 2.28. The van der Waals surface area contributed by atoms with Gasteiger partial charge in [-0.25, -0.2) is 8.42 Å². The zero-order valence-electron chi connectivity index (χ0n) is 22.1. The lowest BCUT2D eigenvalue weighted by Crippen LogP contribution is -2.54. The molecule has 0 fully saturated rings. The Morgan fingerprint density at radius 3 is 2.13 bits per heavy atom. The van der Waals surface area contributed by atoms with Crippen molar-refractivity contribution in [2.45, 2.75) is 45.8 Å². The summed E-state index contributed by atoms with van der Waals surface area (Å²) in [7, 11) is -3.82. The summed E-state index contributed by atoms with van der Waals surface area (Å²) < 4.78 is 27.3. The zero-order chi connectivity index (χ0) is 27.9. The highest BCUT2D eigenvalue weighted by molar-refractivity contribution is 9.10. The number of para-hydroxylation sites is 1. The van der Waals surface area contributed by atoms with Gasteiger partial charge in [0, 0.05) is 23.5 Å². The fourth-order valence-corrected chi connectivity index (χ4v) is 5.63. The second-order valence-electron chi connectivity index (χ2n) is 9.54. The summed E-state index contributed by atoms with van der Waals surface area (Å²) in [5.41, 5.74) is 3.09. The molecule has 0 aromatic heterocycles. The number of sulfonamides is 1. The first kappa shape index (κ1) is 29.4. The Labute approximate surface area is 234 Å². The van der Waals surface area contributed by atoms with Crippen LogP contribution in [0.5, 0.6) is 0 Å². The van der Waals surface area contributed by atoms with Gasteiger partial charge < -0.3 is 10.2 Å². The van der Waals surface area contributed by atoms with Gasteiger partial charge in [0.25, 0.3) is 0 Å². The van der Waals surface area contributed by atoms with E-state index in [1.807, 2.05) is 75.4 Å². The minimum atomic E-state index is -3.82. The number of nitrogens with one attached hydrogen (secondary N) is 1. The van der Waals surface area contributed by atoms with E-state index in [0.29, 0.717) is 10.2 Å². The normalized spacial score (nSPS) is 12.2. The lowest BCUT2D eigenvalue weighted by Gasteiger charge is -2.34. The van der Waals surface area contributed by atoms with Crippen LogP contribution < -0.4 is 9.62 Å². The van der Waals surface area contributed by atoms with Gasteiger partial charge in [-0.05, 0) is 65.5 Å². The number of hydrogen-bond acceptors (Lipinski definition) is 4. The van der Waals surface area contributed by atoms with Crippen molar-refractivity contribution < 1.29 is 18.0 Å². The Balaban J connectivity index is 2.08. The summed E-state index contributed by atoms with van der Waals surface area (Å²) >= 11 is 3.41. The van der Waals surface area contributed by atoms with Crippen LogP contribution in [0, 0.1) is 6.92 Å². The number of carbonyl (C=O) groups is 2. The number of halogens is 1. The van der Waals surface area contributed by atoms with Crippen molar-refractivity contribution in [3.8, 4) is 0 Å². The number of carbonyl (C=O) groups excluding carboxylic acids is 2. The molecule has 1 atom stereocenters. The van der Waals surface area contributed by atoms with Crippen LogP contribution in [0.15, 0.2) is 83.3 Å². The van der Waals surface area contributed by atoms with Crippen LogP contribution in [0.2, 0.25) is 0 Å². The van der Waals surface area contributed by atoms with Crippen LogP contribution in [0.3, 0.4) is 0 Å². The number of amides is 2. The maximum absolute atomic E-state index is 14.0. The lowest BCUT2D eigenvalue weighted by atomic mass is 10.0. The molecule has 0 heterocycles. The van der Waals surface area contributed by atoms with Gasteiger partial charge in [0.15, 0.2) is 0 Å². The third-order valence-electron chi connectivity index (χ3n) is 6.10. The van der Waals surface area contributed by atoms with Crippen molar-refractivity contribution in [2.75, 3.05) is 17.1 Å². The number of nitrogens with zero attached hydrogens (tertiary/aromatic N) is 2. The highest BCUT2D eigenvalue weighted by Gasteiger charge is 2.33. The van der Waals surface area contributed by atoms with E-state index in [2.05, 4.69) is 21.2 Å². The molecule has 3 rings (SSSR count). The van der Waals surface area contributed by atoms with Crippen molar-refractivity contribution in [1.82, 2.24) is 10.2 Å². The number of anilines is 1. The van der Waals surface area contributed by atoms with Gasteiger partial charge in [-0.2, -0.15) is 0 Å². The molecule has 0 radical (unpaired) electrons. The molecule has 1 N–H and O–H groups in total. The largest absolute Gasteiger partial charge is 0.352 e. The van der Waals surface area contributed by atoms with Gasteiger partial charge in [-0.15, -0.1) is 0 Å². The fourth-order valence-electron chi connectivity index (χ4n) is 4.15. The average molecular weight is 601 g/mol. The standard InChI is InChI=1S/C29H34BrN3O4S/c1-21(2)31-29(35)27(18-23-13-6-5-7-14-23)32(19-24-15-9-8-12-22(24)3)28(34)20-33(38(4,36)37)26-17-11-10-16-25(26)30/h5-17,21,27H,18-20H2,1-4H3,(H,31,35).